The van der Waals surface area contributed by atoms with E-state index in [9.17, 15) is 0 Å². The van der Waals surface area contributed by atoms with E-state index in [1.807, 2.05) is 0 Å². The number of nitrogens with one attached hydrogen (secondary N) is 5. The molecule has 6 nitrogen and oxygen atoms in total. The quantitative estimate of drug-likeness (QED) is 0.414. The van der Waals surface area contributed by atoms with Gasteiger partial charge in [0.15, 0.2) is 0 Å². The third-order valence-electron chi connectivity index (χ3n) is 5.07. The minimum atomic E-state index is 0.533. The molecular weight excluding hydrogens is 288 g/mol. The van der Waals surface area contributed by atoms with Gasteiger partial charge >= 0.3 is 0 Å². The van der Waals surface area contributed by atoms with Crippen molar-refractivity contribution in [1.82, 2.24) is 26.6 Å². The van der Waals surface area contributed by atoms with E-state index >= 15 is 0 Å². The smallest absolute Gasteiger partial charge is 0.0221 e. The maximum absolute atomic E-state index is 5.70. The van der Waals surface area contributed by atoms with Gasteiger partial charge in [0.25, 0.3) is 0 Å². The van der Waals surface area contributed by atoms with Crippen LogP contribution >= 0.6 is 0 Å². The van der Waals surface area contributed by atoms with Crippen LogP contribution in [-0.4, -0.2) is 70.5 Å². The first-order chi connectivity index (χ1) is 11.4. The van der Waals surface area contributed by atoms with E-state index in [2.05, 4.69) is 26.6 Å². The van der Waals surface area contributed by atoms with E-state index in [1.165, 1.54) is 25.7 Å². The fraction of sp³-hybridized carbons (Fsp3) is 1.00. The molecule has 136 valence electrons. The summed E-state index contributed by atoms with van der Waals surface area (Å²) < 4.78 is 0. The summed E-state index contributed by atoms with van der Waals surface area (Å²) in [6.45, 7) is 8.12. The molecule has 0 spiro atoms. The predicted molar refractivity (Wildman–Crippen MR) is 97.9 cm³/mol. The molecule has 2 rings (SSSR count). The molecule has 0 aromatic rings. The standard InChI is InChI=1S/C17H38N6/c18-7-3-4-15-14-23-17-6-2-1-5-16(17)22-13-11-20-9-8-19-10-12-21-15/h15-17,19-23H,1-14,18H2/t15-,16+,17?/m0/s1. The highest BCUT2D eigenvalue weighted by atomic mass is 15.1. The SMILES string of the molecule is NCCC[C@H]1CNC2CCCC[C@H]2NCCNCCNCCN1. The molecule has 7 N–H and O–H groups in total. The summed E-state index contributed by atoms with van der Waals surface area (Å²) in [7, 11) is 0. The van der Waals surface area contributed by atoms with Crippen LogP contribution in [0.4, 0.5) is 0 Å². The third kappa shape index (κ3) is 7.92. The number of fused-ring (bicyclic) bond motifs is 1. The van der Waals surface area contributed by atoms with Crippen molar-refractivity contribution >= 4 is 0 Å². The van der Waals surface area contributed by atoms with Gasteiger partial charge in [-0.3, -0.25) is 0 Å². The van der Waals surface area contributed by atoms with Crippen molar-refractivity contribution in [3.63, 3.8) is 0 Å². The Bertz CT molecular complexity index is 288. The Balaban J connectivity index is 1.85. The predicted octanol–water partition coefficient (Wildman–Crippen LogP) is -0.633. The van der Waals surface area contributed by atoms with Crippen LogP contribution in [0.5, 0.6) is 0 Å². The van der Waals surface area contributed by atoms with Gasteiger partial charge in [-0.05, 0) is 32.2 Å². The topological polar surface area (TPSA) is 86.2 Å². The van der Waals surface area contributed by atoms with E-state index in [-0.39, 0.29) is 0 Å². The molecule has 2 aliphatic rings. The number of hydrogen-bond donors (Lipinski definition) is 6. The summed E-state index contributed by atoms with van der Waals surface area (Å²) in [5.41, 5.74) is 5.70. The van der Waals surface area contributed by atoms with Gasteiger partial charge in [0.1, 0.15) is 0 Å². The van der Waals surface area contributed by atoms with E-state index in [0.29, 0.717) is 18.1 Å². The zero-order chi connectivity index (χ0) is 16.2. The Labute approximate surface area is 142 Å². The highest BCUT2D eigenvalue weighted by Gasteiger charge is 2.24. The zero-order valence-corrected chi connectivity index (χ0v) is 14.7. The van der Waals surface area contributed by atoms with Gasteiger partial charge in [0, 0.05) is 63.9 Å². The molecule has 0 aromatic carbocycles. The van der Waals surface area contributed by atoms with Crippen molar-refractivity contribution < 1.29 is 0 Å². The second kappa shape index (κ2) is 12.2. The van der Waals surface area contributed by atoms with Crippen molar-refractivity contribution in [1.29, 1.82) is 0 Å². The largest absolute Gasteiger partial charge is 0.330 e. The van der Waals surface area contributed by atoms with Gasteiger partial charge < -0.3 is 32.3 Å². The Morgan fingerprint density at radius 1 is 0.739 bits per heavy atom. The fourth-order valence-electron chi connectivity index (χ4n) is 3.69. The Morgan fingerprint density at radius 3 is 2.04 bits per heavy atom. The molecular formula is C17H38N6. The maximum atomic E-state index is 5.70. The Hall–Kier alpha value is -0.240. The first kappa shape index (κ1) is 19.1. The molecule has 1 saturated heterocycles. The second-order valence-electron chi connectivity index (χ2n) is 6.94. The monoisotopic (exact) mass is 326 g/mol. The molecule has 2 fully saturated rings. The van der Waals surface area contributed by atoms with Crippen LogP contribution in [0, 0.1) is 0 Å². The van der Waals surface area contributed by atoms with Crippen molar-refractivity contribution in [2.24, 2.45) is 5.73 Å². The lowest BCUT2D eigenvalue weighted by Gasteiger charge is -2.34. The second-order valence-corrected chi connectivity index (χ2v) is 6.94. The van der Waals surface area contributed by atoms with Gasteiger partial charge in [-0.25, -0.2) is 0 Å². The van der Waals surface area contributed by atoms with Crippen LogP contribution in [0.25, 0.3) is 0 Å². The average Bonchev–Trinajstić information content (AvgIpc) is 2.59. The van der Waals surface area contributed by atoms with Crippen LogP contribution in [0.2, 0.25) is 0 Å². The molecule has 23 heavy (non-hydrogen) atoms. The van der Waals surface area contributed by atoms with Crippen LogP contribution in [0.1, 0.15) is 38.5 Å². The molecule has 0 radical (unpaired) electrons. The minimum absolute atomic E-state index is 0.533. The van der Waals surface area contributed by atoms with E-state index in [0.717, 1.165) is 65.2 Å². The summed E-state index contributed by atoms with van der Waals surface area (Å²) in [5.74, 6) is 0. The molecule has 1 saturated carbocycles. The number of rotatable bonds is 3. The molecule has 1 heterocycles. The highest BCUT2D eigenvalue weighted by Crippen LogP contribution is 2.18. The summed E-state index contributed by atoms with van der Waals surface area (Å²) in [5, 5.41) is 18.3. The van der Waals surface area contributed by atoms with Crippen molar-refractivity contribution in [2.45, 2.75) is 56.7 Å². The first-order valence-corrected chi connectivity index (χ1v) is 9.72. The molecule has 6 heteroatoms. The summed E-state index contributed by atoms with van der Waals surface area (Å²) in [6.07, 6.45) is 7.59. The number of hydrogen-bond acceptors (Lipinski definition) is 6. The van der Waals surface area contributed by atoms with E-state index in [4.69, 9.17) is 5.73 Å². The Morgan fingerprint density at radius 2 is 1.35 bits per heavy atom. The average molecular weight is 327 g/mol. The summed E-state index contributed by atoms with van der Waals surface area (Å²) in [6, 6.07) is 1.78. The molecule has 0 aromatic heterocycles. The molecule has 0 bridgehead atoms. The molecule has 1 aliphatic carbocycles. The third-order valence-corrected chi connectivity index (χ3v) is 5.07. The van der Waals surface area contributed by atoms with Crippen molar-refractivity contribution in [2.75, 3.05) is 52.4 Å². The molecule has 3 atom stereocenters. The lowest BCUT2D eigenvalue weighted by Crippen LogP contribution is -2.53. The van der Waals surface area contributed by atoms with Crippen molar-refractivity contribution in [3.05, 3.63) is 0 Å². The first-order valence-electron chi connectivity index (χ1n) is 9.72. The molecule has 1 aliphatic heterocycles. The van der Waals surface area contributed by atoms with Crippen LogP contribution in [0.3, 0.4) is 0 Å². The maximum Gasteiger partial charge on any atom is 0.0221 e. The van der Waals surface area contributed by atoms with Gasteiger partial charge in [0.2, 0.25) is 0 Å². The van der Waals surface area contributed by atoms with Crippen LogP contribution < -0.4 is 32.3 Å². The van der Waals surface area contributed by atoms with Gasteiger partial charge in [-0.15, -0.1) is 0 Å². The molecule has 1 unspecified atom stereocenters. The lowest BCUT2D eigenvalue weighted by atomic mass is 9.90. The minimum Gasteiger partial charge on any atom is -0.330 e. The van der Waals surface area contributed by atoms with Crippen LogP contribution in [-0.2, 0) is 0 Å². The fourth-order valence-corrected chi connectivity index (χ4v) is 3.69. The van der Waals surface area contributed by atoms with E-state index in [1.54, 1.807) is 0 Å². The number of nitrogens with two attached hydrogens (primary N) is 1. The Kier molecular flexibility index (Phi) is 10.1. The van der Waals surface area contributed by atoms with E-state index < -0.39 is 0 Å². The highest BCUT2D eigenvalue weighted by molar-refractivity contribution is 4.88. The summed E-state index contributed by atoms with van der Waals surface area (Å²) in [4.78, 5) is 0. The van der Waals surface area contributed by atoms with Crippen LogP contribution in [0.15, 0.2) is 0 Å². The van der Waals surface area contributed by atoms with Gasteiger partial charge in [-0.1, -0.05) is 12.8 Å². The molecule has 0 amide bonds. The lowest BCUT2D eigenvalue weighted by molar-refractivity contribution is 0.273. The summed E-state index contributed by atoms with van der Waals surface area (Å²) >= 11 is 0. The van der Waals surface area contributed by atoms with Gasteiger partial charge in [0.05, 0.1) is 0 Å². The van der Waals surface area contributed by atoms with Crippen molar-refractivity contribution in [3.8, 4) is 0 Å². The normalized spacial score (nSPS) is 32.5. The zero-order valence-electron chi connectivity index (χ0n) is 14.7. The van der Waals surface area contributed by atoms with Gasteiger partial charge in [-0.2, -0.15) is 0 Å².